The van der Waals surface area contributed by atoms with Crippen molar-refractivity contribution < 1.29 is 14.4 Å². The maximum absolute atomic E-state index is 12.3. The topological polar surface area (TPSA) is 66.5 Å². The van der Waals surface area contributed by atoms with Gasteiger partial charge in [-0.15, -0.1) is 0 Å². The van der Waals surface area contributed by atoms with Crippen molar-refractivity contribution in [2.75, 3.05) is 11.4 Å². The van der Waals surface area contributed by atoms with Gasteiger partial charge in [0.15, 0.2) is 0 Å². The fourth-order valence-electron chi connectivity index (χ4n) is 2.72. The van der Waals surface area contributed by atoms with Crippen LogP contribution in [0, 0.1) is 0 Å². The van der Waals surface area contributed by atoms with Crippen molar-refractivity contribution in [3.63, 3.8) is 0 Å². The molecule has 0 aromatic heterocycles. The van der Waals surface area contributed by atoms with Crippen molar-refractivity contribution in [1.29, 1.82) is 0 Å². The van der Waals surface area contributed by atoms with Crippen LogP contribution in [0.3, 0.4) is 0 Å². The molecule has 5 nitrogen and oxygen atoms in total. The van der Waals surface area contributed by atoms with Gasteiger partial charge in [0.2, 0.25) is 11.8 Å². The van der Waals surface area contributed by atoms with Gasteiger partial charge in [0, 0.05) is 30.0 Å². The molecule has 1 aliphatic rings. The van der Waals surface area contributed by atoms with Gasteiger partial charge >= 0.3 is 0 Å². The van der Waals surface area contributed by atoms with Crippen molar-refractivity contribution in [1.82, 2.24) is 5.32 Å². The standard InChI is InChI=1S/C19H17ClN2O3/c20-15-6-4-13(5-7-15)10-11-21-19(25)14-2-1-3-16(12-14)22-17(23)8-9-18(22)24/h1-7,12H,8-11H2,(H,21,25). The molecule has 0 unspecified atom stereocenters. The van der Waals surface area contributed by atoms with Crippen LogP contribution in [0.25, 0.3) is 0 Å². The number of hydrogen-bond donors (Lipinski definition) is 1. The minimum atomic E-state index is -0.241. The van der Waals surface area contributed by atoms with E-state index in [1.165, 1.54) is 0 Å². The summed E-state index contributed by atoms with van der Waals surface area (Å²) in [6.07, 6.45) is 1.12. The summed E-state index contributed by atoms with van der Waals surface area (Å²) in [4.78, 5) is 37.1. The van der Waals surface area contributed by atoms with Gasteiger partial charge < -0.3 is 5.32 Å². The molecule has 0 bridgehead atoms. The number of hydrogen-bond acceptors (Lipinski definition) is 3. The highest BCUT2D eigenvalue weighted by molar-refractivity contribution is 6.30. The van der Waals surface area contributed by atoms with E-state index in [9.17, 15) is 14.4 Å². The molecule has 0 saturated carbocycles. The summed E-state index contributed by atoms with van der Waals surface area (Å²) in [7, 11) is 0. The van der Waals surface area contributed by atoms with Gasteiger partial charge in [-0.2, -0.15) is 0 Å². The number of rotatable bonds is 5. The van der Waals surface area contributed by atoms with Gasteiger partial charge in [-0.05, 0) is 42.3 Å². The highest BCUT2D eigenvalue weighted by Gasteiger charge is 2.30. The van der Waals surface area contributed by atoms with Gasteiger partial charge in [0.05, 0.1) is 5.69 Å². The molecule has 1 aliphatic heterocycles. The Labute approximate surface area is 150 Å². The average Bonchev–Trinajstić information content (AvgIpc) is 2.95. The molecule has 1 fully saturated rings. The molecule has 6 heteroatoms. The smallest absolute Gasteiger partial charge is 0.251 e. The maximum Gasteiger partial charge on any atom is 0.251 e. The van der Waals surface area contributed by atoms with Crippen LogP contribution in [0.5, 0.6) is 0 Å². The first kappa shape index (κ1) is 17.2. The lowest BCUT2D eigenvalue weighted by molar-refractivity contribution is -0.121. The number of nitrogens with one attached hydrogen (secondary N) is 1. The first-order chi connectivity index (χ1) is 12.0. The molecule has 3 rings (SSSR count). The highest BCUT2D eigenvalue weighted by atomic mass is 35.5. The Hall–Kier alpha value is -2.66. The van der Waals surface area contributed by atoms with E-state index in [4.69, 9.17) is 11.6 Å². The summed E-state index contributed by atoms with van der Waals surface area (Å²) in [5.74, 6) is -0.703. The number of imide groups is 1. The largest absolute Gasteiger partial charge is 0.352 e. The second-order valence-corrected chi connectivity index (χ2v) is 6.24. The van der Waals surface area contributed by atoms with Crippen LogP contribution < -0.4 is 10.2 Å². The summed E-state index contributed by atoms with van der Waals surface area (Å²) < 4.78 is 0. The van der Waals surface area contributed by atoms with Gasteiger partial charge in [0.1, 0.15) is 0 Å². The zero-order chi connectivity index (χ0) is 17.8. The van der Waals surface area contributed by atoms with E-state index in [2.05, 4.69) is 5.32 Å². The Bertz CT molecular complexity index is 802. The Kier molecular flexibility index (Phi) is 5.14. The van der Waals surface area contributed by atoms with Crippen molar-refractivity contribution >= 4 is 35.0 Å². The molecule has 2 aromatic rings. The minimum Gasteiger partial charge on any atom is -0.352 e. The van der Waals surface area contributed by atoms with Crippen LogP contribution in [0.15, 0.2) is 48.5 Å². The molecular weight excluding hydrogens is 340 g/mol. The van der Waals surface area contributed by atoms with E-state index in [0.29, 0.717) is 29.2 Å². The summed E-state index contributed by atoms with van der Waals surface area (Å²) in [5.41, 5.74) is 1.94. The van der Waals surface area contributed by atoms with Crippen molar-refractivity contribution in [2.45, 2.75) is 19.3 Å². The number of benzene rings is 2. The summed E-state index contributed by atoms with van der Waals surface area (Å²) in [5, 5.41) is 3.52. The van der Waals surface area contributed by atoms with E-state index >= 15 is 0 Å². The Morgan fingerprint density at radius 1 is 1.04 bits per heavy atom. The molecule has 1 saturated heterocycles. The van der Waals surface area contributed by atoms with Gasteiger partial charge in [-0.25, -0.2) is 0 Å². The lowest BCUT2D eigenvalue weighted by Crippen LogP contribution is -2.29. The highest BCUT2D eigenvalue weighted by Crippen LogP contribution is 2.23. The maximum atomic E-state index is 12.3. The third-order valence-corrected chi connectivity index (χ3v) is 4.28. The molecule has 3 amide bonds. The molecule has 2 aromatic carbocycles. The van der Waals surface area contributed by atoms with Crippen LogP contribution in [-0.2, 0) is 16.0 Å². The normalized spacial score (nSPS) is 14.0. The van der Waals surface area contributed by atoms with Crippen LogP contribution >= 0.6 is 11.6 Å². The molecule has 0 aliphatic carbocycles. The zero-order valence-corrected chi connectivity index (χ0v) is 14.3. The SMILES string of the molecule is O=C(NCCc1ccc(Cl)cc1)c1cccc(N2C(=O)CCC2=O)c1. The summed E-state index contributed by atoms with van der Waals surface area (Å²) in [6.45, 7) is 0.478. The van der Waals surface area contributed by atoms with Crippen molar-refractivity contribution in [3.05, 3.63) is 64.7 Å². The molecule has 0 radical (unpaired) electrons. The fourth-order valence-corrected chi connectivity index (χ4v) is 2.85. The first-order valence-corrected chi connectivity index (χ1v) is 8.41. The van der Waals surface area contributed by atoms with Crippen LogP contribution in [0.1, 0.15) is 28.8 Å². The second kappa shape index (κ2) is 7.49. The summed E-state index contributed by atoms with van der Waals surface area (Å²) >= 11 is 5.84. The molecule has 0 spiro atoms. The lowest BCUT2D eigenvalue weighted by Gasteiger charge is -2.14. The van der Waals surface area contributed by atoms with E-state index < -0.39 is 0 Å². The van der Waals surface area contributed by atoms with E-state index in [1.807, 2.05) is 24.3 Å². The Morgan fingerprint density at radius 3 is 2.40 bits per heavy atom. The zero-order valence-electron chi connectivity index (χ0n) is 13.5. The molecule has 128 valence electrons. The van der Waals surface area contributed by atoms with Gasteiger partial charge in [-0.3, -0.25) is 19.3 Å². The predicted octanol–water partition coefficient (Wildman–Crippen LogP) is 2.97. The van der Waals surface area contributed by atoms with E-state index in [1.54, 1.807) is 24.3 Å². The van der Waals surface area contributed by atoms with E-state index in [-0.39, 0.29) is 30.6 Å². The van der Waals surface area contributed by atoms with Crippen LogP contribution in [-0.4, -0.2) is 24.3 Å². The third-order valence-electron chi connectivity index (χ3n) is 4.03. The molecule has 25 heavy (non-hydrogen) atoms. The Morgan fingerprint density at radius 2 is 1.72 bits per heavy atom. The first-order valence-electron chi connectivity index (χ1n) is 8.03. The summed E-state index contributed by atoms with van der Waals surface area (Å²) in [6, 6.07) is 14.0. The van der Waals surface area contributed by atoms with Crippen LogP contribution in [0.4, 0.5) is 5.69 Å². The monoisotopic (exact) mass is 356 g/mol. The number of amides is 3. The molecule has 1 N–H and O–H groups in total. The third kappa shape index (κ3) is 4.06. The fraction of sp³-hybridized carbons (Fsp3) is 0.211. The average molecular weight is 357 g/mol. The van der Waals surface area contributed by atoms with Gasteiger partial charge in [0.25, 0.3) is 5.91 Å². The number of nitrogens with zero attached hydrogens (tertiary/aromatic N) is 1. The Balaban J connectivity index is 1.62. The lowest BCUT2D eigenvalue weighted by atomic mass is 10.1. The van der Waals surface area contributed by atoms with Crippen molar-refractivity contribution in [3.8, 4) is 0 Å². The minimum absolute atomic E-state index is 0.219. The number of halogens is 1. The number of carbonyl (C=O) groups excluding carboxylic acids is 3. The van der Waals surface area contributed by atoms with E-state index in [0.717, 1.165) is 10.5 Å². The number of anilines is 1. The second-order valence-electron chi connectivity index (χ2n) is 5.81. The number of carbonyl (C=O) groups is 3. The molecule has 1 heterocycles. The quantitative estimate of drug-likeness (QED) is 0.837. The van der Waals surface area contributed by atoms with Gasteiger partial charge in [-0.1, -0.05) is 29.8 Å². The van der Waals surface area contributed by atoms with Crippen LogP contribution in [0.2, 0.25) is 5.02 Å². The predicted molar refractivity (Wildman–Crippen MR) is 95.7 cm³/mol. The van der Waals surface area contributed by atoms with Crippen molar-refractivity contribution in [2.24, 2.45) is 0 Å². The molecular formula is C19H17ClN2O3. The molecule has 0 atom stereocenters.